The van der Waals surface area contributed by atoms with Crippen LogP contribution in [0.15, 0.2) is 30.3 Å². The van der Waals surface area contributed by atoms with Crippen molar-refractivity contribution in [3.63, 3.8) is 0 Å². The van der Waals surface area contributed by atoms with Gasteiger partial charge in [0.2, 0.25) is 11.8 Å². The van der Waals surface area contributed by atoms with Gasteiger partial charge in [-0.1, -0.05) is 29.8 Å². The van der Waals surface area contributed by atoms with Gasteiger partial charge in [-0.15, -0.1) is 0 Å². The van der Waals surface area contributed by atoms with Gasteiger partial charge in [-0.05, 0) is 37.0 Å². The normalized spacial score (nSPS) is 19.4. The second kappa shape index (κ2) is 6.76. The molecule has 2 N–H and O–H groups in total. The molecule has 1 fully saturated rings. The summed E-state index contributed by atoms with van der Waals surface area (Å²) in [5.41, 5.74) is 6.99. The van der Waals surface area contributed by atoms with Gasteiger partial charge >= 0.3 is 0 Å². The maximum absolute atomic E-state index is 12.3. The minimum absolute atomic E-state index is 0.0987. The molecule has 5 heteroatoms. The smallest absolute Gasteiger partial charge is 0.246 e. The van der Waals surface area contributed by atoms with Gasteiger partial charge in [0.1, 0.15) is 0 Å². The topological polar surface area (TPSA) is 63.4 Å². The van der Waals surface area contributed by atoms with Crippen LogP contribution in [-0.4, -0.2) is 29.8 Å². The summed E-state index contributed by atoms with van der Waals surface area (Å²) in [6.45, 7) is 2.92. The van der Waals surface area contributed by atoms with Crippen LogP contribution in [0.1, 0.15) is 25.3 Å². The molecule has 4 nitrogen and oxygen atoms in total. The van der Waals surface area contributed by atoms with Crippen LogP contribution in [-0.2, 0) is 9.59 Å². The van der Waals surface area contributed by atoms with Crippen LogP contribution in [0.5, 0.6) is 0 Å². The molecule has 21 heavy (non-hydrogen) atoms. The Hall–Kier alpha value is -1.81. The van der Waals surface area contributed by atoms with Gasteiger partial charge in [0.25, 0.3) is 0 Å². The van der Waals surface area contributed by atoms with Gasteiger partial charge in [0.15, 0.2) is 0 Å². The minimum Gasteiger partial charge on any atom is -0.369 e. The summed E-state index contributed by atoms with van der Waals surface area (Å²) in [4.78, 5) is 25.3. The van der Waals surface area contributed by atoms with E-state index >= 15 is 0 Å². The molecule has 112 valence electrons. The van der Waals surface area contributed by atoms with Gasteiger partial charge in [-0.3, -0.25) is 9.59 Å². The zero-order chi connectivity index (χ0) is 15.4. The zero-order valence-electron chi connectivity index (χ0n) is 12.0. The quantitative estimate of drug-likeness (QED) is 0.872. The Balaban J connectivity index is 2.11. The molecule has 0 saturated carbocycles. The Morgan fingerprint density at radius 2 is 2.10 bits per heavy atom. The maximum atomic E-state index is 12.3. The van der Waals surface area contributed by atoms with E-state index in [4.69, 9.17) is 17.3 Å². The molecule has 0 spiro atoms. The van der Waals surface area contributed by atoms with Crippen molar-refractivity contribution in [1.29, 1.82) is 0 Å². The summed E-state index contributed by atoms with van der Waals surface area (Å²) in [6, 6.07) is 7.41. The molecule has 0 unspecified atom stereocenters. The number of nitrogens with zero attached hydrogens (tertiary/aromatic N) is 1. The lowest BCUT2D eigenvalue weighted by atomic mass is 9.97. The number of nitrogens with two attached hydrogens (primary N) is 1. The van der Waals surface area contributed by atoms with E-state index in [1.54, 1.807) is 17.0 Å². The van der Waals surface area contributed by atoms with Crippen molar-refractivity contribution in [2.45, 2.75) is 19.8 Å². The van der Waals surface area contributed by atoms with Crippen molar-refractivity contribution in [1.82, 2.24) is 4.90 Å². The van der Waals surface area contributed by atoms with E-state index in [1.165, 1.54) is 0 Å². The van der Waals surface area contributed by atoms with E-state index in [0.717, 1.165) is 24.0 Å². The highest BCUT2D eigenvalue weighted by molar-refractivity contribution is 6.32. The van der Waals surface area contributed by atoms with E-state index in [2.05, 4.69) is 0 Å². The van der Waals surface area contributed by atoms with E-state index in [9.17, 15) is 9.59 Å². The number of carbonyl (C=O) groups is 2. The van der Waals surface area contributed by atoms with E-state index < -0.39 is 0 Å². The van der Waals surface area contributed by atoms with Gasteiger partial charge in [0, 0.05) is 24.2 Å². The highest BCUT2D eigenvalue weighted by Gasteiger charge is 2.26. The summed E-state index contributed by atoms with van der Waals surface area (Å²) in [5, 5.41) is 0.618. The average Bonchev–Trinajstić information content (AvgIpc) is 2.47. The highest BCUT2D eigenvalue weighted by atomic mass is 35.5. The van der Waals surface area contributed by atoms with E-state index in [1.807, 2.05) is 25.1 Å². The number of primary amides is 1. The predicted molar refractivity (Wildman–Crippen MR) is 83.6 cm³/mol. The average molecular weight is 307 g/mol. The summed E-state index contributed by atoms with van der Waals surface area (Å²) < 4.78 is 0. The predicted octanol–water partition coefficient (Wildman–Crippen LogP) is 2.47. The van der Waals surface area contributed by atoms with Gasteiger partial charge in [-0.25, -0.2) is 0 Å². The molecular formula is C16H19ClN2O2. The second-order valence-corrected chi connectivity index (χ2v) is 5.74. The molecule has 0 aromatic heterocycles. The minimum atomic E-state index is -0.334. The number of halogens is 1. The largest absolute Gasteiger partial charge is 0.369 e. The van der Waals surface area contributed by atoms with Crippen LogP contribution in [0, 0.1) is 5.92 Å². The first kappa shape index (κ1) is 15.6. The number of amides is 2. The van der Waals surface area contributed by atoms with Crippen LogP contribution in [0.4, 0.5) is 0 Å². The fourth-order valence-electron chi connectivity index (χ4n) is 2.54. The summed E-state index contributed by atoms with van der Waals surface area (Å²) in [7, 11) is 0. The molecule has 1 aliphatic rings. The van der Waals surface area contributed by atoms with Crippen LogP contribution in [0.25, 0.3) is 5.57 Å². The number of benzene rings is 1. The standard InChI is InChI=1S/C16H19ClN2O2/c1-11(13-6-2-3-7-14(13)17)9-15(20)19-8-4-5-12(10-19)16(18)21/h2-3,6-7,9,12H,4-5,8,10H2,1H3,(H2,18,21)/b11-9+/t12-/m1/s1. The Morgan fingerprint density at radius 3 is 2.76 bits per heavy atom. The highest BCUT2D eigenvalue weighted by Crippen LogP contribution is 2.24. The summed E-state index contributed by atoms with van der Waals surface area (Å²) in [5.74, 6) is -0.672. The number of rotatable bonds is 3. The fourth-order valence-corrected chi connectivity index (χ4v) is 2.83. The Morgan fingerprint density at radius 1 is 1.38 bits per heavy atom. The third-order valence-electron chi connectivity index (χ3n) is 3.77. The molecular weight excluding hydrogens is 288 g/mol. The summed E-state index contributed by atoms with van der Waals surface area (Å²) in [6.07, 6.45) is 3.13. The molecule has 0 aliphatic carbocycles. The first-order valence-electron chi connectivity index (χ1n) is 7.00. The van der Waals surface area contributed by atoms with Crippen LogP contribution >= 0.6 is 11.6 Å². The first-order chi connectivity index (χ1) is 9.99. The summed E-state index contributed by atoms with van der Waals surface area (Å²) >= 11 is 6.13. The van der Waals surface area contributed by atoms with Crippen LogP contribution in [0.3, 0.4) is 0 Å². The van der Waals surface area contributed by atoms with Crippen molar-refractivity contribution in [2.75, 3.05) is 13.1 Å². The number of carbonyl (C=O) groups excluding carboxylic acids is 2. The zero-order valence-corrected chi connectivity index (χ0v) is 12.8. The Labute approximate surface area is 129 Å². The first-order valence-corrected chi connectivity index (χ1v) is 7.38. The number of hydrogen-bond acceptors (Lipinski definition) is 2. The van der Waals surface area contributed by atoms with Crippen molar-refractivity contribution in [3.05, 3.63) is 40.9 Å². The van der Waals surface area contributed by atoms with Gasteiger partial charge in [-0.2, -0.15) is 0 Å². The molecule has 1 aliphatic heterocycles. The number of likely N-dealkylation sites (tertiary alicyclic amines) is 1. The Bertz CT molecular complexity index is 583. The third kappa shape index (κ3) is 3.85. The van der Waals surface area contributed by atoms with Gasteiger partial charge < -0.3 is 10.6 Å². The maximum Gasteiger partial charge on any atom is 0.246 e. The number of allylic oxidation sites excluding steroid dienone is 1. The SMILES string of the molecule is C/C(=C\C(=O)N1CCC[C@@H](C(N)=O)C1)c1ccccc1Cl. The lowest BCUT2D eigenvalue weighted by molar-refractivity contribution is -0.130. The van der Waals surface area contributed by atoms with Crippen molar-refractivity contribution >= 4 is 29.0 Å². The molecule has 2 amide bonds. The van der Waals surface area contributed by atoms with E-state index in [0.29, 0.717) is 18.1 Å². The molecule has 1 saturated heterocycles. The molecule has 1 heterocycles. The molecule has 1 aromatic carbocycles. The Kier molecular flexibility index (Phi) is 5.02. The van der Waals surface area contributed by atoms with Crippen molar-refractivity contribution in [2.24, 2.45) is 11.7 Å². The van der Waals surface area contributed by atoms with Crippen LogP contribution in [0.2, 0.25) is 5.02 Å². The van der Waals surface area contributed by atoms with Gasteiger partial charge in [0.05, 0.1) is 5.92 Å². The number of piperidine rings is 1. The number of hydrogen-bond donors (Lipinski definition) is 1. The van der Waals surface area contributed by atoms with E-state index in [-0.39, 0.29) is 17.7 Å². The van der Waals surface area contributed by atoms with Crippen molar-refractivity contribution < 1.29 is 9.59 Å². The van der Waals surface area contributed by atoms with Crippen LogP contribution < -0.4 is 5.73 Å². The lowest BCUT2D eigenvalue weighted by Crippen LogP contribution is -2.43. The molecule has 2 rings (SSSR count). The third-order valence-corrected chi connectivity index (χ3v) is 4.10. The molecule has 1 aromatic rings. The molecule has 1 atom stereocenters. The fraction of sp³-hybridized carbons (Fsp3) is 0.375. The molecule has 0 radical (unpaired) electrons. The monoisotopic (exact) mass is 306 g/mol. The van der Waals surface area contributed by atoms with Crippen molar-refractivity contribution in [3.8, 4) is 0 Å². The second-order valence-electron chi connectivity index (χ2n) is 5.33. The molecule has 0 bridgehead atoms. The lowest BCUT2D eigenvalue weighted by Gasteiger charge is -2.30.